The lowest BCUT2D eigenvalue weighted by molar-refractivity contribution is -0.670. The molecule has 1 heterocycles. The second-order valence-electron chi connectivity index (χ2n) is 4.25. The van der Waals surface area contributed by atoms with Gasteiger partial charge in [-0.25, -0.2) is 9.36 Å². The molecule has 0 saturated carbocycles. The van der Waals surface area contributed by atoms with Gasteiger partial charge < -0.3 is 28.9 Å². The fraction of sp³-hybridized carbons (Fsp3) is 0.231. The quantitative estimate of drug-likeness (QED) is 0.480. The van der Waals surface area contributed by atoms with Crippen molar-refractivity contribution in [2.75, 3.05) is 7.05 Å². The zero-order valence-electron chi connectivity index (χ0n) is 10.8. The molecule has 6 heteroatoms. The molecule has 0 unspecified atom stereocenters. The van der Waals surface area contributed by atoms with Crippen LogP contribution in [-0.4, -0.2) is 22.5 Å². The molecule has 0 aliphatic carbocycles. The van der Waals surface area contributed by atoms with Crippen LogP contribution in [-0.2, 0) is 13.6 Å². The minimum absolute atomic E-state index is 0. The molecule has 1 aromatic heterocycles. The van der Waals surface area contributed by atoms with E-state index >= 15 is 0 Å². The van der Waals surface area contributed by atoms with Gasteiger partial charge in [0, 0.05) is 18.6 Å². The predicted molar refractivity (Wildman–Crippen MR) is 69.3 cm³/mol. The predicted octanol–water partition coefficient (Wildman–Crippen LogP) is -0.930. The van der Waals surface area contributed by atoms with Gasteiger partial charge in [0.2, 0.25) is 0 Å². The van der Waals surface area contributed by atoms with Gasteiger partial charge in [0.1, 0.15) is 12.4 Å². The highest BCUT2D eigenvalue weighted by atomic mass is 127. The molecule has 19 heavy (non-hydrogen) atoms. The number of rotatable bonds is 2. The Labute approximate surface area is 134 Å². The van der Waals surface area contributed by atoms with Crippen molar-refractivity contribution in [3.63, 3.8) is 0 Å². The van der Waals surface area contributed by atoms with E-state index in [0.717, 1.165) is 5.56 Å². The van der Waals surface area contributed by atoms with Gasteiger partial charge in [0.25, 0.3) is 6.33 Å². The molecule has 1 aromatic carbocycles. The van der Waals surface area contributed by atoms with Crippen LogP contribution in [0.4, 0.5) is 4.79 Å². The molecule has 1 amide bonds. The maximum absolute atomic E-state index is 12.1. The molecule has 102 valence electrons. The Morgan fingerprint density at radius 3 is 2.79 bits per heavy atom. The Bertz CT molecular complexity index is 571. The first-order chi connectivity index (χ1) is 8.56. The molecule has 0 fully saturated rings. The number of nitrogens with zero attached hydrogens (tertiary/aromatic N) is 3. The van der Waals surface area contributed by atoms with Crippen LogP contribution in [0.25, 0.3) is 0 Å². The van der Waals surface area contributed by atoms with Gasteiger partial charge >= 0.3 is 6.03 Å². The number of imidazole rings is 1. The molecule has 0 aliphatic rings. The summed E-state index contributed by atoms with van der Waals surface area (Å²) in [6.07, 6.45) is 5.29. The van der Waals surface area contributed by atoms with Crippen molar-refractivity contribution in [3.05, 3.63) is 53.6 Å². The number of hydrogen-bond donors (Lipinski definition) is 0. The fourth-order valence-corrected chi connectivity index (χ4v) is 1.95. The standard InChI is InChI=1S/C13H15ClN3O.HI/c1-15-6-7-17(10-15)13(18)16(2)9-11-4-3-5-12(14)8-11;/h3-8,10H,9H2,1-2H3;1H/q+1;/p-1. The molecule has 0 radical (unpaired) electrons. The van der Waals surface area contributed by atoms with E-state index in [1.165, 1.54) is 0 Å². The Morgan fingerprint density at radius 2 is 2.21 bits per heavy atom. The molecule has 0 saturated heterocycles. The maximum Gasteiger partial charge on any atom is 0.415 e. The van der Waals surface area contributed by atoms with E-state index in [-0.39, 0.29) is 30.0 Å². The van der Waals surface area contributed by atoms with Crippen molar-refractivity contribution < 1.29 is 33.3 Å². The normalized spacial score (nSPS) is 9.84. The van der Waals surface area contributed by atoms with Crippen molar-refractivity contribution in [1.29, 1.82) is 0 Å². The molecule has 0 atom stereocenters. The Balaban J connectivity index is 0.00000180. The van der Waals surface area contributed by atoms with E-state index in [4.69, 9.17) is 11.6 Å². The third-order valence-electron chi connectivity index (χ3n) is 2.63. The summed E-state index contributed by atoms with van der Waals surface area (Å²) in [5.74, 6) is 0. The SMILES string of the molecule is CN(Cc1cccc(Cl)c1)C(=O)n1cc[n+](C)c1.[I-]. The number of halogens is 2. The molecular weight excluding hydrogens is 377 g/mol. The van der Waals surface area contributed by atoms with Crippen LogP contribution >= 0.6 is 11.6 Å². The Hall–Kier alpha value is -1.08. The molecule has 2 aromatic rings. The first kappa shape index (κ1) is 16.0. The summed E-state index contributed by atoms with van der Waals surface area (Å²) in [7, 11) is 3.64. The van der Waals surface area contributed by atoms with Crippen molar-refractivity contribution in [1.82, 2.24) is 9.47 Å². The van der Waals surface area contributed by atoms with Crippen LogP contribution in [0.5, 0.6) is 0 Å². The average molecular weight is 392 g/mol. The van der Waals surface area contributed by atoms with Gasteiger partial charge in [0.15, 0.2) is 0 Å². The van der Waals surface area contributed by atoms with E-state index in [1.807, 2.05) is 42.1 Å². The zero-order valence-corrected chi connectivity index (χ0v) is 13.7. The largest absolute Gasteiger partial charge is 1.00 e. The molecule has 0 bridgehead atoms. The van der Waals surface area contributed by atoms with Gasteiger partial charge in [-0.2, -0.15) is 4.57 Å². The number of carbonyl (C=O) groups excluding carboxylic acids is 1. The van der Waals surface area contributed by atoms with Gasteiger partial charge in [-0.15, -0.1) is 0 Å². The summed E-state index contributed by atoms with van der Waals surface area (Å²) >= 11 is 5.92. The lowest BCUT2D eigenvalue weighted by Crippen LogP contribution is -3.00. The summed E-state index contributed by atoms with van der Waals surface area (Å²) in [6.45, 7) is 0.529. The van der Waals surface area contributed by atoms with E-state index in [1.54, 1.807) is 29.0 Å². The van der Waals surface area contributed by atoms with Crippen molar-refractivity contribution >= 4 is 17.6 Å². The van der Waals surface area contributed by atoms with Crippen LogP contribution in [0, 0.1) is 0 Å². The van der Waals surface area contributed by atoms with Gasteiger partial charge in [-0.05, 0) is 17.7 Å². The first-order valence-electron chi connectivity index (χ1n) is 5.59. The third kappa shape index (κ3) is 4.21. The summed E-state index contributed by atoms with van der Waals surface area (Å²) in [6, 6.07) is 7.44. The minimum Gasteiger partial charge on any atom is -1.00 e. The number of amides is 1. The zero-order chi connectivity index (χ0) is 13.1. The molecule has 0 aliphatic heterocycles. The van der Waals surface area contributed by atoms with Gasteiger partial charge in [-0.3, -0.25) is 0 Å². The highest BCUT2D eigenvalue weighted by Crippen LogP contribution is 2.12. The molecule has 4 nitrogen and oxygen atoms in total. The first-order valence-corrected chi connectivity index (χ1v) is 5.97. The summed E-state index contributed by atoms with van der Waals surface area (Å²) in [5, 5.41) is 0.681. The van der Waals surface area contributed by atoms with Gasteiger partial charge in [0.05, 0.1) is 7.05 Å². The second-order valence-corrected chi connectivity index (χ2v) is 4.69. The fourth-order valence-electron chi connectivity index (χ4n) is 1.74. The van der Waals surface area contributed by atoms with Crippen LogP contribution in [0.3, 0.4) is 0 Å². The number of carbonyl (C=O) groups is 1. The highest BCUT2D eigenvalue weighted by molar-refractivity contribution is 6.30. The van der Waals surface area contributed by atoms with Crippen LogP contribution < -0.4 is 28.5 Å². The van der Waals surface area contributed by atoms with E-state index < -0.39 is 0 Å². The van der Waals surface area contributed by atoms with Crippen LogP contribution in [0.1, 0.15) is 5.56 Å². The minimum atomic E-state index is -0.0735. The number of aromatic nitrogens is 2. The highest BCUT2D eigenvalue weighted by Gasteiger charge is 2.17. The summed E-state index contributed by atoms with van der Waals surface area (Å²) in [5.41, 5.74) is 1.01. The monoisotopic (exact) mass is 391 g/mol. The number of benzene rings is 1. The van der Waals surface area contributed by atoms with Crippen molar-refractivity contribution in [2.24, 2.45) is 7.05 Å². The van der Waals surface area contributed by atoms with Crippen LogP contribution in [0.15, 0.2) is 43.0 Å². The third-order valence-corrected chi connectivity index (χ3v) is 2.86. The number of aryl methyl sites for hydroxylation is 1. The summed E-state index contributed by atoms with van der Waals surface area (Å²) < 4.78 is 3.37. The molecule has 0 N–H and O–H groups in total. The molecule has 0 spiro atoms. The van der Waals surface area contributed by atoms with Gasteiger partial charge in [-0.1, -0.05) is 23.7 Å². The van der Waals surface area contributed by atoms with Crippen molar-refractivity contribution in [2.45, 2.75) is 6.54 Å². The summed E-state index contributed by atoms with van der Waals surface area (Å²) in [4.78, 5) is 13.7. The van der Waals surface area contributed by atoms with E-state index in [9.17, 15) is 4.79 Å². The van der Waals surface area contributed by atoms with Crippen molar-refractivity contribution in [3.8, 4) is 0 Å². The van der Waals surface area contributed by atoms with Crippen LogP contribution in [0.2, 0.25) is 5.02 Å². The van der Waals surface area contributed by atoms with E-state index in [2.05, 4.69) is 0 Å². The second kappa shape index (κ2) is 6.91. The lowest BCUT2D eigenvalue weighted by Gasteiger charge is -2.14. The lowest BCUT2D eigenvalue weighted by atomic mass is 10.2. The number of hydrogen-bond acceptors (Lipinski definition) is 1. The maximum atomic E-state index is 12.1. The smallest absolute Gasteiger partial charge is 0.415 e. The Morgan fingerprint density at radius 1 is 1.47 bits per heavy atom. The molecule has 2 rings (SSSR count). The average Bonchev–Trinajstić information content (AvgIpc) is 2.75. The van der Waals surface area contributed by atoms with E-state index in [0.29, 0.717) is 11.6 Å². The topological polar surface area (TPSA) is 29.1 Å². The Kier molecular flexibility index (Phi) is 5.81. The molecular formula is C13H15ClIN3O.